The summed E-state index contributed by atoms with van der Waals surface area (Å²) in [5.41, 5.74) is 1.03. The Balaban J connectivity index is 1.57. The number of rotatable bonds is 15. The van der Waals surface area contributed by atoms with Crippen LogP contribution in [0.2, 0.25) is 0 Å². The molecule has 2 fully saturated rings. The first-order valence-electron chi connectivity index (χ1n) is 16.1. The van der Waals surface area contributed by atoms with Gasteiger partial charge in [-0.1, -0.05) is 38.8 Å². The number of hydrogen-bond donors (Lipinski definition) is 1. The zero-order chi connectivity index (χ0) is 29.4. The lowest BCUT2D eigenvalue weighted by Crippen LogP contribution is -2.62. The Hall–Kier alpha value is -2.19. The van der Waals surface area contributed by atoms with Crippen LogP contribution in [0.25, 0.3) is 0 Å². The van der Waals surface area contributed by atoms with Crippen LogP contribution in [0.1, 0.15) is 97.8 Å². The number of allylic oxidation sites excluding steroid dienone is 1. The van der Waals surface area contributed by atoms with E-state index in [9.17, 15) is 14.4 Å². The van der Waals surface area contributed by atoms with E-state index in [1.807, 2.05) is 11.0 Å². The monoisotopic (exact) mass is 572 g/mol. The predicted octanol–water partition coefficient (Wildman–Crippen LogP) is 5.32. The lowest BCUT2D eigenvalue weighted by molar-refractivity contribution is -0.182. The molecule has 8 nitrogen and oxygen atoms in total. The SMILES string of the molecule is CCCCOCCCNC(=O)C[C@H]1C[C@@]2(C(=O)OC)C(=C[C@H](C(C)C)O[C@@H]2C2CC2)N(CCC2=CCCCC2)C1=O. The van der Waals surface area contributed by atoms with Gasteiger partial charge in [-0.2, -0.15) is 0 Å². The average molecular weight is 573 g/mol. The summed E-state index contributed by atoms with van der Waals surface area (Å²) in [5, 5.41) is 2.98. The number of carbonyl (C=O) groups is 3. The summed E-state index contributed by atoms with van der Waals surface area (Å²) in [7, 11) is 1.42. The number of nitrogens with zero attached hydrogens (tertiary/aromatic N) is 1. The highest BCUT2D eigenvalue weighted by Gasteiger charge is 2.63. The topological polar surface area (TPSA) is 94.2 Å². The number of piperidine rings is 1. The fourth-order valence-electron chi connectivity index (χ4n) is 6.71. The van der Waals surface area contributed by atoms with Crippen molar-refractivity contribution >= 4 is 17.8 Å². The van der Waals surface area contributed by atoms with Gasteiger partial charge < -0.3 is 24.4 Å². The summed E-state index contributed by atoms with van der Waals surface area (Å²) in [4.78, 5) is 42.9. The fraction of sp³-hybridized carbons (Fsp3) is 0.788. The Bertz CT molecular complexity index is 986. The molecule has 1 saturated carbocycles. The van der Waals surface area contributed by atoms with Gasteiger partial charge >= 0.3 is 5.97 Å². The van der Waals surface area contributed by atoms with E-state index in [1.165, 1.54) is 25.5 Å². The highest BCUT2D eigenvalue weighted by atomic mass is 16.5. The molecule has 2 amide bonds. The summed E-state index contributed by atoms with van der Waals surface area (Å²) in [6, 6.07) is 0. The molecular weight excluding hydrogens is 520 g/mol. The number of carbonyl (C=O) groups excluding carboxylic acids is 3. The van der Waals surface area contributed by atoms with E-state index in [1.54, 1.807) is 0 Å². The Kier molecular flexibility index (Phi) is 11.5. The van der Waals surface area contributed by atoms with Crippen LogP contribution in [0.15, 0.2) is 23.4 Å². The molecule has 1 N–H and O–H groups in total. The molecule has 2 heterocycles. The molecule has 41 heavy (non-hydrogen) atoms. The quantitative estimate of drug-likeness (QED) is 0.162. The third kappa shape index (κ3) is 7.61. The molecule has 0 spiro atoms. The van der Waals surface area contributed by atoms with Crippen LogP contribution in [-0.4, -0.2) is 68.3 Å². The first kappa shape index (κ1) is 31.7. The lowest BCUT2D eigenvalue weighted by atomic mass is 9.64. The zero-order valence-corrected chi connectivity index (χ0v) is 25.8. The molecule has 1 saturated heterocycles. The number of esters is 1. The summed E-state index contributed by atoms with van der Waals surface area (Å²) < 4.78 is 17.8. The van der Waals surface area contributed by atoms with E-state index in [0.717, 1.165) is 63.7 Å². The van der Waals surface area contributed by atoms with Crippen molar-refractivity contribution in [3.05, 3.63) is 23.4 Å². The highest BCUT2D eigenvalue weighted by Crippen LogP contribution is 2.56. The number of ether oxygens (including phenoxy) is 3. The molecule has 2 aliphatic carbocycles. The first-order chi connectivity index (χ1) is 19.8. The van der Waals surface area contributed by atoms with Crippen LogP contribution >= 0.6 is 0 Å². The van der Waals surface area contributed by atoms with Crippen LogP contribution in [0.3, 0.4) is 0 Å². The van der Waals surface area contributed by atoms with Gasteiger partial charge in [0.05, 0.1) is 19.3 Å². The zero-order valence-electron chi connectivity index (χ0n) is 25.8. The molecule has 4 aliphatic rings. The van der Waals surface area contributed by atoms with E-state index >= 15 is 0 Å². The Morgan fingerprint density at radius 2 is 1.98 bits per heavy atom. The second kappa shape index (κ2) is 14.8. The number of likely N-dealkylation sites (tertiary alicyclic amines) is 1. The van der Waals surface area contributed by atoms with E-state index in [-0.39, 0.29) is 54.7 Å². The maximum atomic E-state index is 14.2. The van der Waals surface area contributed by atoms with Crippen molar-refractivity contribution < 1.29 is 28.6 Å². The molecule has 0 radical (unpaired) electrons. The minimum Gasteiger partial charge on any atom is -0.468 e. The van der Waals surface area contributed by atoms with Crippen molar-refractivity contribution in [1.82, 2.24) is 10.2 Å². The summed E-state index contributed by atoms with van der Waals surface area (Å²) >= 11 is 0. The molecule has 0 aromatic rings. The van der Waals surface area contributed by atoms with E-state index in [4.69, 9.17) is 14.2 Å². The second-order valence-corrected chi connectivity index (χ2v) is 12.7. The minimum atomic E-state index is -1.09. The standard InChI is InChI=1S/C33H52N2O6/c1-5-6-18-40-19-10-16-34-29(36)20-26-22-33(32(38)39-4)28(21-27(23(2)3)41-30(33)25-13-14-25)35(31(26)37)17-15-24-11-8-7-9-12-24/h11,21,23,25-27,30H,5-10,12-20,22H2,1-4H3,(H,34,36)/t26-,27+,30+,33+/m0/s1. The molecule has 0 unspecified atom stereocenters. The number of amides is 2. The van der Waals surface area contributed by atoms with Gasteiger partial charge in [0, 0.05) is 44.3 Å². The maximum absolute atomic E-state index is 14.2. The molecular formula is C33H52N2O6. The molecule has 230 valence electrons. The number of methoxy groups -OCH3 is 1. The van der Waals surface area contributed by atoms with Crippen molar-refractivity contribution in [2.75, 3.05) is 33.4 Å². The summed E-state index contributed by atoms with van der Waals surface area (Å²) in [5.74, 6) is -0.757. The van der Waals surface area contributed by atoms with E-state index in [0.29, 0.717) is 19.7 Å². The Labute approximate surface area is 246 Å². The second-order valence-electron chi connectivity index (χ2n) is 12.7. The third-order valence-corrected chi connectivity index (χ3v) is 9.20. The van der Waals surface area contributed by atoms with Gasteiger partial charge in [0.15, 0.2) is 0 Å². The van der Waals surface area contributed by atoms with Crippen molar-refractivity contribution in [3.63, 3.8) is 0 Å². The average Bonchev–Trinajstić information content (AvgIpc) is 3.81. The van der Waals surface area contributed by atoms with Gasteiger partial charge in [-0.25, -0.2) is 0 Å². The summed E-state index contributed by atoms with van der Waals surface area (Å²) in [6.45, 7) is 8.69. The van der Waals surface area contributed by atoms with E-state index < -0.39 is 11.3 Å². The Morgan fingerprint density at radius 3 is 2.63 bits per heavy atom. The van der Waals surface area contributed by atoms with Gasteiger partial charge in [-0.05, 0) is 82.1 Å². The van der Waals surface area contributed by atoms with Crippen molar-refractivity contribution in [1.29, 1.82) is 0 Å². The molecule has 0 aromatic heterocycles. The molecule has 8 heteroatoms. The van der Waals surface area contributed by atoms with Gasteiger partial charge in [0.25, 0.3) is 0 Å². The van der Waals surface area contributed by atoms with Crippen molar-refractivity contribution in [3.8, 4) is 0 Å². The fourth-order valence-corrected chi connectivity index (χ4v) is 6.71. The highest BCUT2D eigenvalue weighted by molar-refractivity contribution is 5.92. The van der Waals surface area contributed by atoms with Gasteiger partial charge in [-0.3, -0.25) is 14.4 Å². The largest absolute Gasteiger partial charge is 0.468 e. The molecule has 0 bridgehead atoms. The molecule has 4 atom stereocenters. The lowest BCUT2D eigenvalue weighted by Gasteiger charge is -2.53. The molecule has 0 aromatic carbocycles. The van der Waals surface area contributed by atoms with Crippen LogP contribution in [-0.2, 0) is 28.6 Å². The summed E-state index contributed by atoms with van der Waals surface area (Å²) in [6.07, 6.45) is 14.2. The van der Waals surface area contributed by atoms with Gasteiger partial charge in [-0.15, -0.1) is 0 Å². The third-order valence-electron chi connectivity index (χ3n) is 9.20. The normalized spacial score (nSPS) is 28.2. The van der Waals surface area contributed by atoms with Crippen LogP contribution in [0.5, 0.6) is 0 Å². The smallest absolute Gasteiger partial charge is 0.320 e. The number of hydrogen-bond acceptors (Lipinski definition) is 6. The van der Waals surface area contributed by atoms with Crippen LogP contribution in [0, 0.1) is 23.2 Å². The number of fused-ring (bicyclic) bond motifs is 1. The molecule has 4 rings (SSSR count). The minimum absolute atomic E-state index is 0.0474. The first-order valence-corrected chi connectivity index (χ1v) is 16.1. The van der Waals surface area contributed by atoms with Gasteiger partial charge in [0.1, 0.15) is 5.41 Å². The Morgan fingerprint density at radius 1 is 1.20 bits per heavy atom. The maximum Gasteiger partial charge on any atom is 0.320 e. The number of nitrogens with one attached hydrogen (secondary N) is 1. The molecule has 2 aliphatic heterocycles. The predicted molar refractivity (Wildman–Crippen MR) is 158 cm³/mol. The van der Waals surface area contributed by atoms with Crippen LogP contribution < -0.4 is 5.32 Å². The van der Waals surface area contributed by atoms with Crippen molar-refractivity contribution in [2.24, 2.45) is 23.2 Å². The van der Waals surface area contributed by atoms with Gasteiger partial charge in [0.2, 0.25) is 11.8 Å². The number of unbranched alkanes of at least 4 members (excludes halogenated alkanes) is 1. The van der Waals surface area contributed by atoms with Crippen molar-refractivity contribution in [2.45, 2.75) is 110 Å². The van der Waals surface area contributed by atoms with E-state index in [2.05, 4.69) is 32.2 Å². The van der Waals surface area contributed by atoms with Crippen LogP contribution in [0.4, 0.5) is 0 Å².